The third kappa shape index (κ3) is 6.43. The molecule has 0 atom stereocenters. The van der Waals surface area contributed by atoms with E-state index >= 15 is 0 Å². The van der Waals surface area contributed by atoms with E-state index in [0.29, 0.717) is 10.8 Å². The van der Waals surface area contributed by atoms with Crippen molar-refractivity contribution < 1.29 is 24.0 Å². The highest BCUT2D eigenvalue weighted by Gasteiger charge is 2.18. The van der Waals surface area contributed by atoms with Gasteiger partial charge in [0.25, 0.3) is 11.6 Å². The van der Waals surface area contributed by atoms with Crippen molar-refractivity contribution in [2.45, 2.75) is 0 Å². The van der Waals surface area contributed by atoms with Gasteiger partial charge in [-0.15, -0.1) is 0 Å². The van der Waals surface area contributed by atoms with Crippen LogP contribution >= 0.6 is 23.2 Å². The van der Waals surface area contributed by atoms with Crippen molar-refractivity contribution in [3.63, 3.8) is 0 Å². The molecular weight excluding hydrogens is 399 g/mol. The van der Waals surface area contributed by atoms with E-state index in [1.807, 2.05) is 0 Å². The molecule has 0 aromatic heterocycles. The van der Waals surface area contributed by atoms with Gasteiger partial charge < -0.3 is 14.8 Å². The Morgan fingerprint density at radius 2 is 1.81 bits per heavy atom. The number of amides is 1. The zero-order chi connectivity index (χ0) is 19.8. The van der Waals surface area contributed by atoms with Crippen LogP contribution in [0.4, 0.5) is 5.69 Å². The minimum Gasteiger partial charge on any atom is -0.492 e. The highest BCUT2D eigenvalue weighted by molar-refractivity contribution is 6.33. The molecule has 0 saturated heterocycles. The van der Waals surface area contributed by atoms with Crippen molar-refractivity contribution >= 4 is 40.8 Å². The molecule has 2 rings (SSSR count). The number of nitro benzene ring substituents is 1. The predicted molar refractivity (Wildman–Crippen MR) is 98.3 cm³/mol. The van der Waals surface area contributed by atoms with E-state index < -0.39 is 23.4 Å². The molecule has 0 radical (unpaired) electrons. The van der Waals surface area contributed by atoms with Crippen LogP contribution in [0.2, 0.25) is 10.0 Å². The lowest BCUT2D eigenvalue weighted by atomic mass is 10.2. The van der Waals surface area contributed by atoms with Crippen molar-refractivity contribution in [1.29, 1.82) is 0 Å². The van der Waals surface area contributed by atoms with E-state index in [0.717, 1.165) is 12.1 Å². The summed E-state index contributed by atoms with van der Waals surface area (Å²) in [7, 11) is 0. The highest BCUT2D eigenvalue weighted by Crippen LogP contribution is 2.22. The van der Waals surface area contributed by atoms with Gasteiger partial charge in [-0.2, -0.15) is 0 Å². The number of benzene rings is 2. The Morgan fingerprint density at radius 3 is 2.48 bits per heavy atom. The van der Waals surface area contributed by atoms with E-state index in [9.17, 15) is 19.7 Å². The summed E-state index contributed by atoms with van der Waals surface area (Å²) < 4.78 is 10.2. The molecule has 2 aromatic rings. The van der Waals surface area contributed by atoms with Crippen molar-refractivity contribution in [2.24, 2.45) is 0 Å². The normalized spacial score (nSPS) is 10.1. The molecule has 1 N–H and O–H groups in total. The fraction of sp³-hybridized carbons (Fsp3) is 0.176. The molecule has 142 valence electrons. The van der Waals surface area contributed by atoms with Crippen LogP contribution in [0, 0.1) is 10.1 Å². The van der Waals surface area contributed by atoms with Gasteiger partial charge >= 0.3 is 5.97 Å². The molecule has 8 nitrogen and oxygen atoms in total. The minimum atomic E-state index is -0.934. The summed E-state index contributed by atoms with van der Waals surface area (Å²) in [5, 5.41) is 13.8. The van der Waals surface area contributed by atoms with Crippen LogP contribution in [-0.4, -0.2) is 36.6 Å². The van der Waals surface area contributed by atoms with Gasteiger partial charge in [0.05, 0.1) is 22.1 Å². The largest absolute Gasteiger partial charge is 0.492 e. The monoisotopic (exact) mass is 412 g/mol. The standard InChI is InChI=1S/C17H14Cl2N2O6/c18-11-1-4-13(5-2-11)26-8-7-20-16(22)10-27-17(23)14-9-12(21(24)25)3-6-15(14)19/h1-6,9H,7-8,10H2,(H,20,22). The first-order chi connectivity index (χ1) is 12.9. The van der Waals surface area contributed by atoms with Gasteiger partial charge in [-0.3, -0.25) is 14.9 Å². The Hall–Kier alpha value is -2.84. The molecule has 0 aliphatic carbocycles. The first-order valence-corrected chi connectivity index (χ1v) is 8.38. The van der Waals surface area contributed by atoms with Crippen molar-refractivity contribution in [2.75, 3.05) is 19.8 Å². The van der Waals surface area contributed by atoms with Crippen LogP contribution in [0.5, 0.6) is 5.75 Å². The first-order valence-electron chi connectivity index (χ1n) is 7.63. The molecule has 0 fully saturated rings. The molecule has 0 saturated carbocycles. The number of nitro groups is 1. The molecule has 0 unspecified atom stereocenters. The third-order valence-electron chi connectivity index (χ3n) is 3.22. The van der Waals surface area contributed by atoms with Gasteiger partial charge in [-0.1, -0.05) is 23.2 Å². The lowest BCUT2D eigenvalue weighted by molar-refractivity contribution is -0.384. The van der Waals surface area contributed by atoms with Gasteiger partial charge in [0.1, 0.15) is 12.4 Å². The van der Waals surface area contributed by atoms with E-state index in [1.54, 1.807) is 24.3 Å². The maximum Gasteiger partial charge on any atom is 0.340 e. The molecule has 2 aromatic carbocycles. The number of rotatable bonds is 8. The zero-order valence-corrected chi connectivity index (χ0v) is 15.3. The van der Waals surface area contributed by atoms with E-state index in [2.05, 4.69) is 5.32 Å². The fourth-order valence-electron chi connectivity index (χ4n) is 1.93. The Labute approximate surface area is 164 Å². The highest BCUT2D eigenvalue weighted by atomic mass is 35.5. The molecule has 27 heavy (non-hydrogen) atoms. The summed E-state index contributed by atoms with van der Waals surface area (Å²) in [5.41, 5.74) is -0.500. The number of non-ortho nitro benzene ring substituents is 1. The Kier molecular flexibility index (Phi) is 7.39. The first kappa shape index (κ1) is 20.5. The molecule has 1 amide bonds. The number of halogens is 2. The van der Waals surface area contributed by atoms with Crippen LogP contribution in [0.1, 0.15) is 10.4 Å². The number of ether oxygens (including phenoxy) is 2. The molecule has 0 spiro atoms. The van der Waals surface area contributed by atoms with Gasteiger partial charge in [0, 0.05) is 17.2 Å². The molecule has 0 aliphatic rings. The topological polar surface area (TPSA) is 108 Å². The van der Waals surface area contributed by atoms with Crippen molar-refractivity contribution in [3.8, 4) is 5.75 Å². The number of carbonyl (C=O) groups is 2. The third-order valence-corrected chi connectivity index (χ3v) is 3.80. The second-order valence-corrected chi connectivity index (χ2v) is 5.99. The summed E-state index contributed by atoms with van der Waals surface area (Å²) >= 11 is 11.6. The van der Waals surface area contributed by atoms with Crippen LogP contribution < -0.4 is 10.1 Å². The Morgan fingerprint density at radius 1 is 1.11 bits per heavy atom. The van der Waals surface area contributed by atoms with E-state index in [4.69, 9.17) is 32.7 Å². The summed E-state index contributed by atoms with van der Waals surface area (Å²) in [4.78, 5) is 33.7. The molecule has 0 heterocycles. The predicted octanol–water partition coefficient (Wildman–Crippen LogP) is 3.25. The minimum absolute atomic E-state index is 0.0117. The SMILES string of the molecule is O=C(COC(=O)c1cc([N+](=O)[O-])ccc1Cl)NCCOc1ccc(Cl)cc1. The average Bonchev–Trinajstić information content (AvgIpc) is 2.65. The van der Waals surface area contributed by atoms with Crippen LogP contribution in [0.15, 0.2) is 42.5 Å². The maximum atomic E-state index is 11.9. The fourth-order valence-corrected chi connectivity index (χ4v) is 2.25. The number of nitrogens with one attached hydrogen (secondary N) is 1. The van der Waals surface area contributed by atoms with E-state index in [1.165, 1.54) is 6.07 Å². The lowest BCUT2D eigenvalue weighted by Crippen LogP contribution is -2.32. The number of esters is 1. The van der Waals surface area contributed by atoms with Crippen LogP contribution in [0.3, 0.4) is 0 Å². The number of hydrogen-bond donors (Lipinski definition) is 1. The quantitative estimate of drug-likeness (QED) is 0.308. The molecule has 10 heteroatoms. The van der Waals surface area contributed by atoms with Gasteiger partial charge in [-0.25, -0.2) is 4.79 Å². The van der Waals surface area contributed by atoms with Crippen LogP contribution in [-0.2, 0) is 9.53 Å². The van der Waals surface area contributed by atoms with Crippen molar-refractivity contribution in [1.82, 2.24) is 5.32 Å². The summed E-state index contributed by atoms with van der Waals surface area (Å²) in [5.74, 6) is -0.888. The zero-order valence-electron chi connectivity index (χ0n) is 13.8. The smallest absolute Gasteiger partial charge is 0.340 e. The second-order valence-electron chi connectivity index (χ2n) is 5.15. The van der Waals surface area contributed by atoms with Crippen LogP contribution in [0.25, 0.3) is 0 Å². The number of carbonyl (C=O) groups excluding carboxylic acids is 2. The van der Waals surface area contributed by atoms with Gasteiger partial charge in [0.2, 0.25) is 0 Å². The Bertz CT molecular complexity index is 842. The van der Waals surface area contributed by atoms with E-state index in [-0.39, 0.29) is 29.4 Å². The summed E-state index contributed by atoms with van der Waals surface area (Å²) in [6.07, 6.45) is 0. The average molecular weight is 413 g/mol. The maximum absolute atomic E-state index is 11.9. The molecular formula is C17H14Cl2N2O6. The molecule has 0 aliphatic heterocycles. The van der Waals surface area contributed by atoms with Gasteiger partial charge in [-0.05, 0) is 30.3 Å². The number of hydrogen-bond acceptors (Lipinski definition) is 6. The molecule has 0 bridgehead atoms. The van der Waals surface area contributed by atoms with Crippen molar-refractivity contribution in [3.05, 3.63) is 68.2 Å². The van der Waals surface area contributed by atoms with Gasteiger partial charge in [0.15, 0.2) is 6.61 Å². The number of nitrogens with zero attached hydrogens (tertiary/aromatic N) is 1. The summed E-state index contributed by atoms with van der Waals surface area (Å²) in [6, 6.07) is 10.1. The Balaban J connectivity index is 1.75. The second kappa shape index (κ2) is 9.75. The summed E-state index contributed by atoms with van der Waals surface area (Å²) in [6.45, 7) is -0.159. The lowest BCUT2D eigenvalue weighted by Gasteiger charge is -2.09.